The van der Waals surface area contributed by atoms with Gasteiger partial charge in [0.05, 0.1) is 20.1 Å². The number of hydrogen-bond donors (Lipinski definition) is 3. The topological polar surface area (TPSA) is 93.4 Å². The molecule has 0 aromatic heterocycles. The summed E-state index contributed by atoms with van der Waals surface area (Å²) in [6.07, 6.45) is 9.52. The minimum absolute atomic E-state index is 0.416. The second-order valence-corrected chi connectivity index (χ2v) is 7.87. The summed E-state index contributed by atoms with van der Waals surface area (Å²) < 4.78 is 17.9. The van der Waals surface area contributed by atoms with Gasteiger partial charge in [0.15, 0.2) is 11.5 Å². The van der Waals surface area contributed by atoms with Crippen LogP contribution in [0.15, 0.2) is 41.2 Å². The fourth-order valence-corrected chi connectivity index (χ4v) is 3.65. The van der Waals surface area contributed by atoms with Crippen LogP contribution in [-0.4, -0.2) is 65.2 Å². The monoisotopic (exact) mass is 445 g/mol. The van der Waals surface area contributed by atoms with Crippen LogP contribution < -0.4 is 30.6 Å². The van der Waals surface area contributed by atoms with E-state index in [0.717, 1.165) is 30.9 Å². The first-order valence-electron chi connectivity index (χ1n) is 11.2. The zero-order valence-electron chi connectivity index (χ0n) is 19.9. The molecule has 32 heavy (non-hydrogen) atoms. The maximum atomic E-state index is 6.20. The van der Waals surface area contributed by atoms with Crippen LogP contribution in [0.5, 0.6) is 17.2 Å². The lowest BCUT2D eigenvalue weighted by atomic mass is 9.99. The summed E-state index contributed by atoms with van der Waals surface area (Å²) in [7, 11) is 5.69. The fraction of sp³-hybridized carbons (Fsp3) is 0.542. The van der Waals surface area contributed by atoms with E-state index in [0.29, 0.717) is 43.0 Å². The van der Waals surface area contributed by atoms with Crippen LogP contribution in [0.1, 0.15) is 25.3 Å². The molecule has 1 aromatic carbocycles. The quantitative estimate of drug-likeness (QED) is 0.141. The Bertz CT molecular complexity index is 779. The third-order valence-corrected chi connectivity index (χ3v) is 5.25. The Balaban J connectivity index is 2.17. The number of rotatable bonds is 13. The van der Waals surface area contributed by atoms with Gasteiger partial charge in [0.1, 0.15) is 5.75 Å². The van der Waals surface area contributed by atoms with Gasteiger partial charge in [0.2, 0.25) is 5.88 Å². The van der Waals surface area contributed by atoms with Crippen molar-refractivity contribution >= 4 is 6.34 Å². The van der Waals surface area contributed by atoms with E-state index in [1.54, 1.807) is 7.11 Å². The van der Waals surface area contributed by atoms with Gasteiger partial charge in [0.25, 0.3) is 0 Å². The van der Waals surface area contributed by atoms with Crippen LogP contribution in [0.3, 0.4) is 0 Å². The molecule has 178 valence electrons. The summed E-state index contributed by atoms with van der Waals surface area (Å²) in [5.74, 6) is 2.93. The van der Waals surface area contributed by atoms with Crippen molar-refractivity contribution in [1.29, 1.82) is 0 Å². The average molecular weight is 446 g/mol. The molecule has 8 heteroatoms. The molecule has 1 unspecified atom stereocenters. The first-order valence-corrected chi connectivity index (χ1v) is 11.2. The number of benzene rings is 1. The van der Waals surface area contributed by atoms with Crippen LogP contribution in [0.2, 0.25) is 0 Å². The molecular formula is C24H39N5O3. The maximum absolute atomic E-state index is 6.20. The van der Waals surface area contributed by atoms with E-state index in [1.165, 1.54) is 19.2 Å². The lowest BCUT2D eigenvalue weighted by Gasteiger charge is -2.29. The maximum Gasteiger partial charge on any atom is 0.217 e. The Morgan fingerprint density at radius 1 is 1.28 bits per heavy atom. The number of hydrogen-bond acceptors (Lipinski definition) is 7. The Morgan fingerprint density at radius 3 is 2.81 bits per heavy atom. The Hall–Kier alpha value is -2.55. The minimum atomic E-state index is 0.416. The second-order valence-electron chi connectivity index (χ2n) is 7.87. The van der Waals surface area contributed by atoms with E-state index in [4.69, 9.17) is 19.9 Å². The summed E-state index contributed by atoms with van der Waals surface area (Å²) in [5, 5.41) is 6.45. The second kappa shape index (κ2) is 14.5. The number of nitrogens with one attached hydrogen (secondary N) is 2. The van der Waals surface area contributed by atoms with Crippen LogP contribution >= 0.6 is 0 Å². The number of allylic oxidation sites excluding steroid dienone is 1. The molecule has 1 aromatic rings. The van der Waals surface area contributed by atoms with Crippen molar-refractivity contribution in [3.63, 3.8) is 0 Å². The predicted molar refractivity (Wildman–Crippen MR) is 131 cm³/mol. The van der Waals surface area contributed by atoms with Crippen molar-refractivity contribution in [1.82, 2.24) is 15.5 Å². The van der Waals surface area contributed by atoms with E-state index in [1.807, 2.05) is 44.3 Å². The molecule has 1 aliphatic rings. The number of nitrogens with two attached hydrogens (primary N) is 1. The third-order valence-electron chi connectivity index (χ3n) is 5.25. The van der Waals surface area contributed by atoms with Gasteiger partial charge in [-0.2, -0.15) is 0 Å². The highest BCUT2D eigenvalue weighted by Crippen LogP contribution is 2.36. The Kier molecular flexibility index (Phi) is 11.6. The smallest absolute Gasteiger partial charge is 0.217 e. The van der Waals surface area contributed by atoms with Gasteiger partial charge in [-0.3, -0.25) is 0 Å². The van der Waals surface area contributed by atoms with E-state index < -0.39 is 0 Å². The lowest BCUT2D eigenvalue weighted by molar-refractivity contribution is 0.148. The van der Waals surface area contributed by atoms with E-state index in [9.17, 15) is 0 Å². The average Bonchev–Trinajstić information content (AvgIpc) is 2.79. The van der Waals surface area contributed by atoms with Gasteiger partial charge < -0.3 is 35.5 Å². The van der Waals surface area contributed by atoms with Crippen molar-refractivity contribution in [2.45, 2.75) is 26.3 Å². The highest BCUT2D eigenvalue weighted by Gasteiger charge is 2.20. The number of nitrogens with zero attached hydrogens (tertiary/aromatic N) is 2. The van der Waals surface area contributed by atoms with Crippen molar-refractivity contribution < 1.29 is 14.2 Å². The molecule has 2 rings (SSSR count). The molecule has 1 aliphatic heterocycles. The molecule has 0 amide bonds. The van der Waals surface area contributed by atoms with Gasteiger partial charge >= 0.3 is 0 Å². The first-order chi connectivity index (χ1) is 15.6. The van der Waals surface area contributed by atoms with Crippen molar-refractivity contribution in [2.75, 3.05) is 54.0 Å². The van der Waals surface area contributed by atoms with Crippen molar-refractivity contribution in [3.8, 4) is 17.2 Å². The summed E-state index contributed by atoms with van der Waals surface area (Å²) >= 11 is 0. The van der Waals surface area contributed by atoms with Crippen molar-refractivity contribution in [2.24, 2.45) is 16.6 Å². The number of likely N-dealkylation sites (tertiary alicyclic amines) is 1. The molecule has 0 aliphatic carbocycles. The van der Waals surface area contributed by atoms with Gasteiger partial charge in [-0.05, 0) is 52.5 Å². The molecule has 0 spiro atoms. The molecule has 1 heterocycles. The van der Waals surface area contributed by atoms with Gasteiger partial charge in [0, 0.05) is 43.7 Å². The van der Waals surface area contributed by atoms with Gasteiger partial charge in [-0.25, -0.2) is 4.99 Å². The van der Waals surface area contributed by atoms with Crippen LogP contribution in [-0.2, 0) is 6.54 Å². The summed E-state index contributed by atoms with van der Waals surface area (Å²) in [6.45, 7) is 6.86. The number of ether oxygens (including phenoxy) is 3. The highest BCUT2D eigenvalue weighted by molar-refractivity contribution is 5.54. The Labute approximate surface area is 192 Å². The number of piperidine rings is 1. The van der Waals surface area contributed by atoms with E-state index in [-0.39, 0.29) is 0 Å². The van der Waals surface area contributed by atoms with Crippen LogP contribution in [0.4, 0.5) is 0 Å². The zero-order chi connectivity index (χ0) is 23.2. The summed E-state index contributed by atoms with van der Waals surface area (Å²) in [4.78, 5) is 6.52. The largest absolute Gasteiger partial charge is 0.493 e. The zero-order valence-corrected chi connectivity index (χ0v) is 19.9. The lowest BCUT2D eigenvalue weighted by Crippen LogP contribution is -2.34. The highest BCUT2D eigenvalue weighted by atomic mass is 16.5. The minimum Gasteiger partial charge on any atom is -0.493 e. The molecule has 4 N–H and O–H groups in total. The predicted octanol–water partition coefficient (Wildman–Crippen LogP) is 2.51. The molecule has 1 fully saturated rings. The first kappa shape index (κ1) is 25.7. The normalized spacial score (nSPS) is 17.9. The van der Waals surface area contributed by atoms with Gasteiger partial charge in [-0.15, -0.1) is 0 Å². The Morgan fingerprint density at radius 2 is 2.12 bits per heavy atom. The third kappa shape index (κ3) is 8.53. The molecule has 0 radical (unpaired) electrons. The summed E-state index contributed by atoms with van der Waals surface area (Å²) in [5.41, 5.74) is 6.48. The van der Waals surface area contributed by atoms with E-state index >= 15 is 0 Å². The van der Waals surface area contributed by atoms with Gasteiger partial charge in [-0.1, -0.05) is 12.2 Å². The number of methoxy groups -OCH3 is 1. The molecule has 8 nitrogen and oxygen atoms in total. The van der Waals surface area contributed by atoms with Crippen LogP contribution in [0, 0.1) is 5.92 Å². The van der Waals surface area contributed by atoms with E-state index in [2.05, 4.69) is 27.6 Å². The number of aliphatic imine (C=N–C) groups is 1. The van der Waals surface area contributed by atoms with Crippen LogP contribution in [0.25, 0.3) is 0 Å². The molecule has 1 atom stereocenters. The molecule has 1 saturated heterocycles. The molecular weight excluding hydrogens is 406 g/mol. The molecule has 0 saturated carbocycles. The SMILES string of the molecule is C/C=C\CNC/C=C(\N=C/N)Oc1cc(OC)c(OCC2CCCN(C)C2)cc1CNC. The molecule has 0 bridgehead atoms. The standard InChI is InChI=1S/C24H39N5O3/c1-5-6-10-27-11-9-24(28-18-25)32-21-14-22(30-4)23(13-20(21)15-26-2)31-17-19-8-7-12-29(3)16-19/h5-6,9,13-14,18-19,26-27H,7-8,10-12,15-17H2,1-4H3,(H2,25,28)/b6-5-,24-9+. The fourth-order valence-electron chi connectivity index (χ4n) is 3.65. The summed E-state index contributed by atoms with van der Waals surface area (Å²) in [6, 6.07) is 3.83. The van der Waals surface area contributed by atoms with Crippen molar-refractivity contribution in [3.05, 3.63) is 41.8 Å².